The van der Waals surface area contributed by atoms with Gasteiger partial charge in [-0.2, -0.15) is 0 Å². The van der Waals surface area contributed by atoms with Crippen molar-refractivity contribution >= 4 is 10.0 Å². The monoisotopic (exact) mass is 248 g/mol. The maximum absolute atomic E-state index is 11.5. The molecule has 0 aliphatic rings. The molecule has 0 aromatic rings. The summed E-state index contributed by atoms with van der Waals surface area (Å²) in [7, 11) is -3.08. The van der Waals surface area contributed by atoms with Crippen molar-refractivity contribution in [2.24, 2.45) is 0 Å². The van der Waals surface area contributed by atoms with Crippen molar-refractivity contribution in [1.82, 2.24) is 10.0 Å². The molecule has 0 aromatic heterocycles. The van der Waals surface area contributed by atoms with Crippen LogP contribution < -0.4 is 10.0 Å². The first-order chi connectivity index (χ1) is 7.48. The second kappa shape index (κ2) is 8.73. The van der Waals surface area contributed by atoms with Crippen LogP contribution in [0.5, 0.6) is 0 Å². The van der Waals surface area contributed by atoms with Gasteiger partial charge in [0.15, 0.2) is 0 Å². The molecule has 0 saturated carbocycles. The normalized spacial score (nSPS) is 12.8. The molecular formula is C11H24N2O2S. The van der Waals surface area contributed by atoms with E-state index in [-0.39, 0.29) is 5.75 Å². The number of rotatable bonds is 9. The summed E-state index contributed by atoms with van der Waals surface area (Å²) in [6.45, 7) is 7.25. The summed E-state index contributed by atoms with van der Waals surface area (Å²) in [5, 5.41) is 3.19. The third-order valence-corrected chi connectivity index (χ3v) is 3.48. The molecule has 0 rings (SSSR count). The Morgan fingerprint density at radius 2 is 1.94 bits per heavy atom. The minimum Gasteiger partial charge on any atom is -0.314 e. The van der Waals surface area contributed by atoms with Crippen LogP contribution in [0.25, 0.3) is 0 Å². The molecule has 0 unspecified atom stereocenters. The van der Waals surface area contributed by atoms with Crippen molar-refractivity contribution < 1.29 is 8.42 Å². The van der Waals surface area contributed by atoms with E-state index in [1.165, 1.54) is 0 Å². The number of allylic oxidation sites excluding steroid dienone is 1. The van der Waals surface area contributed by atoms with Gasteiger partial charge in [0, 0.05) is 12.6 Å². The molecule has 0 atom stereocenters. The van der Waals surface area contributed by atoms with E-state index < -0.39 is 10.0 Å². The van der Waals surface area contributed by atoms with Crippen molar-refractivity contribution in [3.05, 3.63) is 12.2 Å². The highest BCUT2D eigenvalue weighted by atomic mass is 32.2. The van der Waals surface area contributed by atoms with Crippen molar-refractivity contribution in [2.75, 3.05) is 18.8 Å². The van der Waals surface area contributed by atoms with E-state index in [0.29, 0.717) is 19.0 Å². The van der Waals surface area contributed by atoms with E-state index in [4.69, 9.17) is 0 Å². The molecule has 4 nitrogen and oxygen atoms in total. The fourth-order valence-electron chi connectivity index (χ4n) is 1.19. The largest absolute Gasteiger partial charge is 0.314 e. The Labute approximate surface area is 99.6 Å². The standard InChI is InChI=1S/C11H24N2O2S/c1-4-5-6-9-13-16(14,15)10-7-8-12-11(2)3/h4-5,11-13H,6-10H2,1-3H3/b5-4+. The summed E-state index contributed by atoms with van der Waals surface area (Å²) in [4.78, 5) is 0. The average Bonchev–Trinajstić information content (AvgIpc) is 2.19. The van der Waals surface area contributed by atoms with Gasteiger partial charge in [-0.25, -0.2) is 13.1 Å². The molecule has 0 aliphatic heterocycles. The minimum absolute atomic E-state index is 0.197. The van der Waals surface area contributed by atoms with Crippen LogP contribution in [-0.4, -0.2) is 33.3 Å². The van der Waals surface area contributed by atoms with Crippen molar-refractivity contribution in [1.29, 1.82) is 0 Å². The van der Waals surface area contributed by atoms with Crippen molar-refractivity contribution in [3.63, 3.8) is 0 Å². The maximum atomic E-state index is 11.5. The Balaban J connectivity index is 3.62. The molecule has 0 bridgehead atoms. The van der Waals surface area contributed by atoms with Gasteiger partial charge < -0.3 is 5.32 Å². The average molecular weight is 248 g/mol. The summed E-state index contributed by atoms with van der Waals surface area (Å²) < 4.78 is 25.5. The molecule has 0 aliphatic carbocycles. The van der Waals surface area contributed by atoms with E-state index in [9.17, 15) is 8.42 Å². The van der Waals surface area contributed by atoms with Crippen LogP contribution >= 0.6 is 0 Å². The smallest absolute Gasteiger partial charge is 0.211 e. The maximum Gasteiger partial charge on any atom is 0.211 e. The minimum atomic E-state index is -3.08. The lowest BCUT2D eigenvalue weighted by Crippen LogP contribution is -2.30. The Kier molecular flexibility index (Phi) is 8.51. The van der Waals surface area contributed by atoms with E-state index >= 15 is 0 Å². The lowest BCUT2D eigenvalue weighted by molar-refractivity contribution is 0.561. The van der Waals surface area contributed by atoms with E-state index in [1.807, 2.05) is 32.9 Å². The fraction of sp³-hybridized carbons (Fsp3) is 0.818. The Bertz CT molecular complexity index is 284. The summed E-state index contributed by atoms with van der Waals surface area (Å²) in [6, 6.07) is 0.408. The van der Waals surface area contributed by atoms with E-state index in [2.05, 4.69) is 10.0 Å². The second-order valence-electron chi connectivity index (χ2n) is 4.03. The number of hydrogen-bond acceptors (Lipinski definition) is 3. The molecule has 16 heavy (non-hydrogen) atoms. The predicted molar refractivity (Wildman–Crippen MR) is 69.0 cm³/mol. The van der Waals surface area contributed by atoms with E-state index in [1.54, 1.807) is 0 Å². The summed E-state index contributed by atoms with van der Waals surface area (Å²) >= 11 is 0. The molecular weight excluding hydrogens is 224 g/mol. The van der Waals surface area contributed by atoms with Crippen LogP contribution in [0.15, 0.2) is 12.2 Å². The number of nitrogens with one attached hydrogen (secondary N) is 2. The molecule has 5 heteroatoms. The molecule has 0 saturated heterocycles. The number of sulfonamides is 1. The first-order valence-corrected chi connectivity index (χ1v) is 7.45. The van der Waals surface area contributed by atoms with Gasteiger partial charge in [0.05, 0.1) is 5.75 Å². The third-order valence-electron chi connectivity index (χ3n) is 2.01. The van der Waals surface area contributed by atoms with Crippen molar-refractivity contribution in [3.8, 4) is 0 Å². The van der Waals surface area contributed by atoms with Crippen LogP contribution in [0, 0.1) is 0 Å². The lowest BCUT2D eigenvalue weighted by Gasteiger charge is -2.08. The van der Waals surface area contributed by atoms with Gasteiger partial charge in [-0.1, -0.05) is 26.0 Å². The first kappa shape index (κ1) is 15.6. The SMILES string of the molecule is C/C=C/CCNS(=O)(=O)CCCNC(C)C. The highest BCUT2D eigenvalue weighted by Crippen LogP contribution is 1.91. The molecule has 96 valence electrons. The zero-order valence-electron chi connectivity index (χ0n) is 10.5. The Morgan fingerprint density at radius 3 is 2.50 bits per heavy atom. The highest BCUT2D eigenvalue weighted by molar-refractivity contribution is 7.89. The van der Waals surface area contributed by atoms with Crippen LogP contribution in [-0.2, 0) is 10.0 Å². The van der Waals surface area contributed by atoms with Crippen LogP contribution in [0.4, 0.5) is 0 Å². The first-order valence-electron chi connectivity index (χ1n) is 5.80. The van der Waals surface area contributed by atoms with Gasteiger partial charge >= 0.3 is 0 Å². The zero-order valence-corrected chi connectivity index (χ0v) is 11.3. The Morgan fingerprint density at radius 1 is 1.25 bits per heavy atom. The van der Waals surface area contributed by atoms with Crippen molar-refractivity contribution in [2.45, 2.75) is 39.7 Å². The van der Waals surface area contributed by atoms with Gasteiger partial charge in [0.1, 0.15) is 0 Å². The van der Waals surface area contributed by atoms with Crippen LogP contribution in [0.3, 0.4) is 0 Å². The van der Waals surface area contributed by atoms with Crippen LogP contribution in [0.2, 0.25) is 0 Å². The van der Waals surface area contributed by atoms with Gasteiger partial charge in [0.25, 0.3) is 0 Å². The van der Waals surface area contributed by atoms with Gasteiger partial charge in [-0.15, -0.1) is 0 Å². The molecule has 0 radical (unpaired) electrons. The number of hydrogen-bond donors (Lipinski definition) is 2. The fourth-order valence-corrected chi connectivity index (χ4v) is 2.29. The van der Waals surface area contributed by atoms with Gasteiger partial charge in [-0.05, 0) is 26.3 Å². The molecule has 0 amide bonds. The summed E-state index contributed by atoms with van der Waals surface area (Å²) in [5.41, 5.74) is 0. The second-order valence-corrected chi connectivity index (χ2v) is 5.96. The van der Waals surface area contributed by atoms with Gasteiger partial charge in [0.2, 0.25) is 10.0 Å². The molecule has 0 aromatic carbocycles. The third kappa shape index (κ3) is 10.1. The quantitative estimate of drug-likeness (QED) is 0.477. The van der Waals surface area contributed by atoms with E-state index in [0.717, 1.165) is 13.0 Å². The topological polar surface area (TPSA) is 58.2 Å². The molecule has 0 fully saturated rings. The molecule has 2 N–H and O–H groups in total. The lowest BCUT2D eigenvalue weighted by atomic mass is 10.4. The zero-order chi connectivity index (χ0) is 12.4. The molecule has 0 spiro atoms. The summed E-state index contributed by atoms with van der Waals surface area (Å²) in [5.74, 6) is 0.197. The molecule has 0 heterocycles. The van der Waals surface area contributed by atoms with Gasteiger partial charge in [-0.3, -0.25) is 0 Å². The highest BCUT2D eigenvalue weighted by Gasteiger charge is 2.08. The summed E-state index contributed by atoms with van der Waals surface area (Å²) in [6.07, 6.45) is 5.26. The van der Waals surface area contributed by atoms with Crippen LogP contribution in [0.1, 0.15) is 33.6 Å². The predicted octanol–water partition coefficient (Wildman–Crippen LogP) is 1.26. The Hall–Kier alpha value is -0.390.